The number of hydrogen-bond donors (Lipinski definition) is 0. The largest absolute Gasteiger partial charge is 0.456 e. The van der Waals surface area contributed by atoms with Crippen molar-refractivity contribution in [2.45, 2.75) is 45.3 Å². The molecule has 1 aliphatic heterocycles. The molecule has 4 atom stereocenters. The Bertz CT molecular complexity index is 2230. The molecule has 0 bridgehead atoms. The Balaban J connectivity index is 1.44. The van der Waals surface area contributed by atoms with Gasteiger partial charge in [0.05, 0.1) is 23.4 Å². The Hall–Kier alpha value is -6.80. The van der Waals surface area contributed by atoms with Crippen LogP contribution in [-0.2, 0) is 23.8 Å². The Morgan fingerprint density at radius 3 is 2.14 bits per heavy atom. The molecule has 5 rings (SSSR count). The Morgan fingerprint density at radius 1 is 0.843 bits per heavy atom. The third-order valence-electron chi connectivity index (χ3n) is 7.27. The minimum Gasteiger partial charge on any atom is -0.456 e. The first-order valence-electron chi connectivity index (χ1n) is 14.9. The molecule has 17 heteroatoms. The van der Waals surface area contributed by atoms with Crippen molar-refractivity contribution in [3.63, 3.8) is 0 Å². The van der Waals surface area contributed by atoms with Gasteiger partial charge in [-0.2, -0.15) is 19.2 Å². The fourth-order valence-electron chi connectivity index (χ4n) is 5.03. The maximum absolute atomic E-state index is 15.0. The fraction of sp³-hybridized carbons (Fsp3) is 0.206. The lowest BCUT2D eigenvalue weighted by molar-refractivity contribution is -0.165. The minimum atomic E-state index is -1.65. The number of hydrogen-bond acceptors (Lipinski definition) is 14. The van der Waals surface area contributed by atoms with Crippen molar-refractivity contribution in [3.05, 3.63) is 122 Å². The van der Waals surface area contributed by atoms with Gasteiger partial charge in [0.15, 0.2) is 18.4 Å². The van der Waals surface area contributed by atoms with Crippen LogP contribution in [0, 0.1) is 17.1 Å². The number of nitrogens with zero attached hydrogens (tertiary/aromatic N) is 4. The SMILES string of the molecule is CC(=O)O[C@@H]1[C@H](OC(C)=O)[C@@H](C)O[C@H]1n1cc(F)c(=O)n(C(=O)c2cccc(C(=O)Oc3nc(OC(=O)c4ccccc4)ccc3C#N)c2)c1=O. The summed E-state index contributed by atoms with van der Waals surface area (Å²) >= 11 is 0. The van der Waals surface area contributed by atoms with Gasteiger partial charge in [-0.3, -0.25) is 23.7 Å². The Kier molecular flexibility index (Phi) is 10.3. The molecule has 4 aromatic rings. The van der Waals surface area contributed by atoms with Crippen LogP contribution in [0.15, 0.2) is 82.5 Å². The Labute approximate surface area is 286 Å². The average molecular weight is 701 g/mol. The summed E-state index contributed by atoms with van der Waals surface area (Å²) < 4.78 is 42.1. The second kappa shape index (κ2) is 14.8. The summed E-state index contributed by atoms with van der Waals surface area (Å²) in [5.41, 5.74) is -3.85. The van der Waals surface area contributed by atoms with Crippen LogP contribution >= 0.6 is 0 Å². The number of rotatable bonds is 8. The second-order valence-electron chi connectivity index (χ2n) is 10.8. The average Bonchev–Trinajstić information content (AvgIpc) is 3.39. The molecule has 260 valence electrons. The van der Waals surface area contributed by atoms with Crippen LogP contribution in [0.4, 0.5) is 4.39 Å². The van der Waals surface area contributed by atoms with Gasteiger partial charge in [0, 0.05) is 25.5 Å². The highest BCUT2D eigenvalue weighted by Gasteiger charge is 2.49. The fourth-order valence-corrected chi connectivity index (χ4v) is 5.03. The van der Waals surface area contributed by atoms with Crippen molar-refractivity contribution in [2.75, 3.05) is 0 Å². The van der Waals surface area contributed by atoms with Crippen LogP contribution in [0.1, 0.15) is 63.6 Å². The van der Waals surface area contributed by atoms with E-state index in [4.69, 9.17) is 23.7 Å². The predicted octanol–water partition coefficient (Wildman–Crippen LogP) is 2.32. The number of ether oxygens (including phenoxy) is 5. The van der Waals surface area contributed by atoms with Gasteiger partial charge < -0.3 is 23.7 Å². The maximum Gasteiger partial charge on any atom is 0.344 e. The summed E-state index contributed by atoms with van der Waals surface area (Å²) in [6.07, 6.45) is -4.88. The van der Waals surface area contributed by atoms with Crippen molar-refractivity contribution in [3.8, 4) is 17.8 Å². The van der Waals surface area contributed by atoms with Crippen molar-refractivity contribution in [1.29, 1.82) is 5.26 Å². The topological polar surface area (TPSA) is 212 Å². The van der Waals surface area contributed by atoms with E-state index < -0.39 is 82.8 Å². The van der Waals surface area contributed by atoms with Gasteiger partial charge in [0.2, 0.25) is 17.6 Å². The first kappa shape index (κ1) is 35.5. The third kappa shape index (κ3) is 7.60. The summed E-state index contributed by atoms with van der Waals surface area (Å²) in [4.78, 5) is 93.1. The monoisotopic (exact) mass is 700 g/mol. The lowest BCUT2D eigenvalue weighted by Crippen LogP contribution is -2.48. The molecule has 0 spiro atoms. The van der Waals surface area contributed by atoms with Gasteiger partial charge in [0.1, 0.15) is 11.6 Å². The van der Waals surface area contributed by atoms with E-state index in [2.05, 4.69) is 4.98 Å². The predicted molar refractivity (Wildman–Crippen MR) is 167 cm³/mol. The van der Waals surface area contributed by atoms with E-state index in [9.17, 15) is 38.8 Å². The van der Waals surface area contributed by atoms with Crippen molar-refractivity contribution < 1.29 is 52.0 Å². The van der Waals surface area contributed by atoms with Gasteiger partial charge in [0.25, 0.3) is 11.5 Å². The van der Waals surface area contributed by atoms with E-state index in [1.807, 2.05) is 0 Å². The van der Waals surface area contributed by atoms with Crippen LogP contribution in [0.3, 0.4) is 0 Å². The summed E-state index contributed by atoms with van der Waals surface area (Å²) in [6, 6.07) is 16.6. The van der Waals surface area contributed by atoms with Gasteiger partial charge in [-0.05, 0) is 43.3 Å². The molecule has 3 heterocycles. The summed E-state index contributed by atoms with van der Waals surface area (Å²) in [5.74, 6) is -7.35. The molecule has 0 N–H and O–H groups in total. The highest BCUT2D eigenvalue weighted by Crippen LogP contribution is 2.33. The van der Waals surface area contributed by atoms with Crippen LogP contribution in [0.2, 0.25) is 0 Å². The van der Waals surface area contributed by atoms with Crippen LogP contribution in [0.5, 0.6) is 11.8 Å². The number of carbonyl (C=O) groups excluding carboxylic acids is 5. The maximum atomic E-state index is 15.0. The highest BCUT2D eigenvalue weighted by atomic mass is 19.1. The van der Waals surface area contributed by atoms with Gasteiger partial charge in [-0.15, -0.1) is 0 Å². The van der Waals surface area contributed by atoms with E-state index >= 15 is 4.39 Å². The number of esters is 4. The molecule has 0 aliphatic carbocycles. The molecule has 16 nitrogen and oxygen atoms in total. The van der Waals surface area contributed by atoms with Gasteiger partial charge >= 0.3 is 29.6 Å². The van der Waals surface area contributed by atoms with Crippen molar-refractivity contribution in [1.82, 2.24) is 14.1 Å². The van der Waals surface area contributed by atoms with E-state index in [0.29, 0.717) is 10.8 Å². The zero-order chi connectivity index (χ0) is 37.0. The third-order valence-corrected chi connectivity index (χ3v) is 7.27. The molecule has 0 amide bonds. The van der Waals surface area contributed by atoms with E-state index in [1.54, 1.807) is 24.3 Å². The van der Waals surface area contributed by atoms with Crippen LogP contribution in [-0.4, -0.2) is 62.2 Å². The molecule has 0 radical (unpaired) electrons. The highest BCUT2D eigenvalue weighted by molar-refractivity contribution is 5.99. The lowest BCUT2D eigenvalue weighted by atomic mass is 10.1. The molecular formula is C34H25FN4O12. The molecule has 0 saturated carbocycles. The first-order chi connectivity index (χ1) is 24.3. The van der Waals surface area contributed by atoms with Crippen LogP contribution < -0.4 is 20.7 Å². The Morgan fingerprint density at radius 2 is 1.47 bits per heavy atom. The van der Waals surface area contributed by atoms with Crippen molar-refractivity contribution in [2.24, 2.45) is 0 Å². The number of aromatic nitrogens is 3. The van der Waals surface area contributed by atoms with Gasteiger partial charge in [-0.1, -0.05) is 24.3 Å². The summed E-state index contributed by atoms with van der Waals surface area (Å²) in [5, 5.41) is 9.51. The molecule has 51 heavy (non-hydrogen) atoms. The second-order valence-corrected chi connectivity index (χ2v) is 10.8. The molecule has 1 saturated heterocycles. The summed E-state index contributed by atoms with van der Waals surface area (Å²) in [7, 11) is 0. The minimum absolute atomic E-state index is 0.0578. The number of halogens is 1. The van der Waals surface area contributed by atoms with E-state index in [1.165, 1.54) is 43.3 Å². The molecule has 0 unspecified atom stereocenters. The summed E-state index contributed by atoms with van der Waals surface area (Å²) in [6.45, 7) is 3.55. The number of benzene rings is 2. The number of pyridine rings is 1. The number of nitriles is 1. The van der Waals surface area contributed by atoms with E-state index in [0.717, 1.165) is 26.0 Å². The molecule has 1 aliphatic rings. The lowest BCUT2D eigenvalue weighted by Gasteiger charge is -2.24. The standard InChI is InChI=1S/C34H25FN4O12/c1-17-26(48-18(2)40)27(49-19(3)41)31(47-17)38-16-24(35)30(43)39(34(38)46)29(42)21-10-7-11-22(14-21)33(45)51-28-23(15-36)12-13-25(37-28)50-32(44)20-8-5-4-6-9-20/h4-14,16-17,26-27,31H,1-3H3/t17-,26-,27-,31-/m1/s1. The zero-order valence-corrected chi connectivity index (χ0v) is 26.8. The quantitative estimate of drug-likeness (QED) is 0.242. The van der Waals surface area contributed by atoms with Gasteiger partial charge in [-0.25, -0.2) is 14.4 Å². The molecule has 1 fully saturated rings. The smallest absolute Gasteiger partial charge is 0.344 e. The van der Waals surface area contributed by atoms with E-state index in [-0.39, 0.29) is 27.1 Å². The zero-order valence-electron chi connectivity index (χ0n) is 26.8. The molecular weight excluding hydrogens is 675 g/mol. The molecule has 2 aromatic heterocycles. The normalized spacial score (nSPS) is 17.9. The van der Waals surface area contributed by atoms with Crippen molar-refractivity contribution >= 4 is 29.8 Å². The first-order valence-corrected chi connectivity index (χ1v) is 14.9. The number of carbonyl (C=O) groups is 5. The van der Waals surface area contributed by atoms with Crippen LogP contribution in [0.25, 0.3) is 0 Å². The molecule has 2 aromatic carbocycles.